The van der Waals surface area contributed by atoms with E-state index in [0.29, 0.717) is 26.3 Å². The van der Waals surface area contributed by atoms with Gasteiger partial charge in [-0.2, -0.15) is 0 Å². The highest BCUT2D eigenvalue weighted by atomic mass is 35.5. The SMILES string of the molecule is O=C(NNc1cc(Cl)ccc1Cl)c1nc2ccc(Cl)cc2c(=O)n1CCO. The first-order valence-corrected chi connectivity index (χ1v) is 8.86. The van der Waals surface area contributed by atoms with E-state index < -0.39 is 11.5 Å². The van der Waals surface area contributed by atoms with E-state index in [1.165, 1.54) is 12.1 Å². The first-order valence-electron chi connectivity index (χ1n) is 7.73. The molecule has 0 fully saturated rings. The number of fused-ring (bicyclic) bond motifs is 1. The van der Waals surface area contributed by atoms with Crippen LogP contribution in [0.1, 0.15) is 10.6 Å². The number of nitrogens with zero attached hydrogens (tertiary/aromatic N) is 2. The highest BCUT2D eigenvalue weighted by molar-refractivity contribution is 6.35. The molecule has 0 atom stereocenters. The lowest BCUT2D eigenvalue weighted by Crippen LogP contribution is -2.37. The van der Waals surface area contributed by atoms with Crippen LogP contribution in [0.15, 0.2) is 41.2 Å². The number of anilines is 1. The normalized spacial score (nSPS) is 10.8. The third-order valence-corrected chi connectivity index (χ3v) is 4.48. The molecule has 3 N–H and O–H groups in total. The van der Waals surface area contributed by atoms with E-state index in [1.54, 1.807) is 24.3 Å². The Labute approximate surface area is 168 Å². The van der Waals surface area contributed by atoms with Gasteiger partial charge in [0, 0.05) is 10.0 Å². The Balaban J connectivity index is 1.98. The van der Waals surface area contributed by atoms with Crippen LogP contribution < -0.4 is 16.4 Å². The maximum Gasteiger partial charge on any atom is 0.305 e. The van der Waals surface area contributed by atoms with Crippen LogP contribution in [0.2, 0.25) is 15.1 Å². The fourth-order valence-corrected chi connectivity index (χ4v) is 2.96. The second kappa shape index (κ2) is 8.14. The Hall–Kier alpha value is -2.32. The van der Waals surface area contributed by atoms with Crippen LogP contribution in [0.25, 0.3) is 10.9 Å². The highest BCUT2D eigenvalue weighted by Crippen LogP contribution is 2.24. The average Bonchev–Trinajstić information content (AvgIpc) is 2.65. The predicted molar refractivity (Wildman–Crippen MR) is 106 cm³/mol. The zero-order valence-electron chi connectivity index (χ0n) is 13.7. The summed E-state index contributed by atoms with van der Waals surface area (Å²) in [6.45, 7) is -0.448. The molecule has 1 heterocycles. The maximum atomic E-state index is 12.7. The minimum atomic E-state index is -0.687. The van der Waals surface area contributed by atoms with Crippen LogP contribution in [-0.2, 0) is 6.54 Å². The number of amides is 1. The first-order chi connectivity index (χ1) is 12.9. The van der Waals surface area contributed by atoms with Crippen LogP contribution in [0.5, 0.6) is 0 Å². The molecule has 0 aliphatic carbocycles. The third kappa shape index (κ3) is 4.17. The van der Waals surface area contributed by atoms with E-state index in [2.05, 4.69) is 15.8 Å². The Morgan fingerprint density at radius 2 is 1.81 bits per heavy atom. The number of hydrazine groups is 1. The molecule has 0 spiro atoms. The summed E-state index contributed by atoms with van der Waals surface area (Å²) in [6, 6.07) is 9.27. The molecule has 0 radical (unpaired) electrons. The second-order valence-electron chi connectivity index (χ2n) is 5.48. The minimum absolute atomic E-state index is 0.102. The standard InChI is InChI=1S/C17H13Cl3N4O3/c18-9-2-4-13-11(7-9)17(27)24(5-6-25)15(21-13)16(26)23-22-14-8-10(19)1-3-12(14)20/h1-4,7-8,22,25H,5-6H2,(H,23,26). The van der Waals surface area contributed by atoms with Gasteiger partial charge in [0.2, 0.25) is 5.82 Å². The van der Waals surface area contributed by atoms with Crippen molar-refractivity contribution in [1.82, 2.24) is 15.0 Å². The molecule has 140 valence electrons. The molecule has 0 bridgehead atoms. The van der Waals surface area contributed by atoms with Gasteiger partial charge in [-0.3, -0.25) is 25.0 Å². The van der Waals surface area contributed by atoms with Gasteiger partial charge in [0.1, 0.15) is 0 Å². The summed E-state index contributed by atoms with van der Waals surface area (Å²) in [4.78, 5) is 29.5. The van der Waals surface area contributed by atoms with Gasteiger partial charge in [-0.1, -0.05) is 34.8 Å². The molecule has 3 rings (SSSR count). The molecule has 0 saturated heterocycles. The molecule has 0 saturated carbocycles. The van der Waals surface area contributed by atoms with Crippen LogP contribution in [0.4, 0.5) is 5.69 Å². The van der Waals surface area contributed by atoms with Crippen molar-refractivity contribution in [3.8, 4) is 0 Å². The molecule has 0 aliphatic heterocycles. The number of aliphatic hydroxyl groups excluding tert-OH is 1. The van der Waals surface area contributed by atoms with Crippen molar-refractivity contribution in [2.45, 2.75) is 6.54 Å². The maximum absolute atomic E-state index is 12.7. The van der Waals surface area contributed by atoms with Crippen LogP contribution in [-0.4, -0.2) is 27.2 Å². The Morgan fingerprint density at radius 3 is 2.56 bits per heavy atom. The van der Waals surface area contributed by atoms with Gasteiger partial charge >= 0.3 is 5.91 Å². The molecular formula is C17H13Cl3N4O3. The van der Waals surface area contributed by atoms with E-state index in [4.69, 9.17) is 34.8 Å². The topological polar surface area (TPSA) is 96.3 Å². The van der Waals surface area contributed by atoms with Gasteiger partial charge in [0.15, 0.2) is 0 Å². The molecule has 1 aromatic heterocycles. The monoisotopic (exact) mass is 426 g/mol. The van der Waals surface area contributed by atoms with Crippen molar-refractivity contribution in [3.05, 3.63) is 67.6 Å². The average molecular weight is 428 g/mol. The number of benzene rings is 2. The van der Waals surface area contributed by atoms with Crippen molar-refractivity contribution in [2.24, 2.45) is 0 Å². The molecule has 0 unspecified atom stereocenters. The van der Waals surface area contributed by atoms with Crippen LogP contribution in [0, 0.1) is 0 Å². The summed E-state index contributed by atoms with van der Waals surface area (Å²) >= 11 is 17.9. The van der Waals surface area contributed by atoms with Crippen molar-refractivity contribution in [2.75, 3.05) is 12.0 Å². The molecular weight excluding hydrogens is 415 g/mol. The lowest BCUT2D eigenvalue weighted by Gasteiger charge is -2.14. The van der Waals surface area contributed by atoms with Crippen molar-refractivity contribution in [1.29, 1.82) is 0 Å². The highest BCUT2D eigenvalue weighted by Gasteiger charge is 2.18. The molecule has 3 aromatic rings. The van der Waals surface area contributed by atoms with Gasteiger partial charge < -0.3 is 5.11 Å². The van der Waals surface area contributed by atoms with Gasteiger partial charge in [0.05, 0.1) is 34.8 Å². The summed E-state index contributed by atoms with van der Waals surface area (Å²) < 4.78 is 1.08. The summed E-state index contributed by atoms with van der Waals surface area (Å²) in [7, 11) is 0. The van der Waals surface area contributed by atoms with Crippen molar-refractivity contribution >= 4 is 57.3 Å². The van der Waals surface area contributed by atoms with Crippen molar-refractivity contribution in [3.63, 3.8) is 0 Å². The van der Waals surface area contributed by atoms with E-state index in [0.717, 1.165) is 4.57 Å². The Morgan fingerprint density at radius 1 is 1.11 bits per heavy atom. The fraction of sp³-hybridized carbons (Fsp3) is 0.118. The van der Waals surface area contributed by atoms with Crippen LogP contribution >= 0.6 is 34.8 Å². The van der Waals surface area contributed by atoms with Gasteiger partial charge in [-0.05, 0) is 36.4 Å². The van der Waals surface area contributed by atoms with E-state index in [9.17, 15) is 14.7 Å². The third-order valence-electron chi connectivity index (χ3n) is 3.68. The number of carbonyl (C=O) groups excluding carboxylic acids is 1. The number of aromatic nitrogens is 2. The largest absolute Gasteiger partial charge is 0.395 e. The van der Waals surface area contributed by atoms with Crippen LogP contribution in [0.3, 0.4) is 0 Å². The Kier molecular flexibility index (Phi) is 5.86. The van der Waals surface area contributed by atoms with E-state index >= 15 is 0 Å². The number of carbonyl (C=O) groups is 1. The molecule has 27 heavy (non-hydrogen) atoms. The summed E-state index contributed by atoms with van der Waals surface area (Å²) in [6.07, 6.45) is 0. The smallest absolute Gasteiger partial charge is 0.305 e. The second-order valence-corrected chi connectivity index (χ2v) is 6.76. The van der Waals surface area contributed by atoms with Gasteiger partial charge in [-0.15, -0.1) is 0 Å². The molecule has 10 heteroatoms. The first kappa shape index (κ1) is 19.4. The number of halogens is 3. The van der Waals surface area contributed by atoms with E-state index in [-0.39, 0.29) is 24.4 Å². The number of hydrogen-bond acceptors (Lipinski definition) is 5. The van der Waals surface area contributed by atoms with Gasteiger partial charge in [0.25, 0.3) is 5.56 Å². The fourth-order valence-electron chi connectivity index (χ4n) is 2.45. The molecule has 1 amide bonds. The molecule has 7 nitrogen and oxygen atoms in total. The number of rotatable bonds is 5. The Bertz CT molecular complexity index is 1080. The zero-order valence-corrected chi connectivity index (χ0v) is 15.9. The molecule has 2 aromatic carbocycles. The lowest BCUT2D eigenvalue weighted by molar-refractivity contribution is 0.0945. The molecule has 0 aliphatic rings. The number of aliphatic hydroxyl groups is 1. The predicted octanol–water partition coefficient (Wildman–Crippen LogP) is 3.11. The summed E-state index contributed by atoms with van der Waals surface area (Å²) in [5.74, 6) is -0.858. The number of hydrogen-bond donors (Lipinski definition) is 3. The number of nitrogens with one attached hydrogen (secondary N) is 2. The summed E-state index contributed by atoms with van der Waals surface area (Å²) in [5.41, 5.74) is 5.27. The lowest BCUT2D eigenvalue weighted by atomic mass is 10.2. The van der Waals surface area contributed by atoms with E-state index in [1.807, 2.05) is 0 Å². The summed E-state index contributed by atoms with van der Waals surface area (Å²) in [5, 5.41) is 10.6. The minimum Gasteiger partial charge on any atom is -0.395 e. The van der Waals surface area contributed by atoms with Crippen molar-refractivity contribution < 1.29 is 9.90 Å². The zero-order chi connectivity index (χ0) is 19.6. The quantitative estimate of drug-likeness (QED) is 0.544. The van der Waals surface area contributed by atoms with Gasteiger partial charge in [-0.25, -0.2) is 4.98 Å².